The maximum absolute atomic E-state index is 11.8. The van der Waals surface area contributed by atoms with E-state index in [9.17, 15) is 4.79 Å². The van der Waals surface area contributed by atoms with Crippen LogP contribution in [0.25, 0.3) is 0 Å². The third kappa shape index (κ3) is 4.93. The van der Waals surface area contributed by atoms with Crippen LogP contribution >= 0.6 is 0 Å². The third-order valence-electron chi connectivity index (χ3n) is 18.6. The van der Waals surface area contributed by atoms with Gasteiger partial charge >= 0.3 is 0 Å². The molecule has 3 heterocycles. The predicted octanol–water partition coefficient (Wildman–Crippen LogP) is 10.7. The molecule has 1 saturated heterocycles. The van der Waals surface area contributed by atoms with Crippen LogP contribution in [0.1, 0.15) is 136 Å². The molecule has 0 amide bonds. The first-order valence-corrected chi connectivity index (χ1v) is 22.5. The Hall–Kier alpha value is -1.91. The standard InChI is InChI=1S/C26H37NO.C22H30O2/c1-2-25-13-10-22-21-9-7-20(27-15-3-4-16-27)18-19(21)6-8-23(22)24(25)11-14-26(25)12-5-17-28-26;1-2-21-11-8-18-17-7-5-16(23)14-15(17)4-6-19(18)20(21)9-12-22(21)10-3-13-24-22/h5-6,12,18,21-24H,2-4,7-11,13-17H2,1H3;3,10,14,17-20H,2,4-9,11-13H2,1H3/t21-,22?,23?,24?,25-,26-;17-,18?,19?,20?,21-,22-/m00/s1. The average molecular weight is 706 g/mol. The number of allylic oxidation sites excluding steroid dienone is 5. The average Bonchev–Trinajstić information content (AvgIpc) is 4.04. The summed E-state index contributed by atoms with van der Waals surface area (Å²) in [6.45, 7) is 9.12. The second-order valence-corrected chi connectivity index (χ2v) is 19.5. The third-order valence-corrected chi connectivity index (χ3v) is 18.6. The predicted molar refractivity (Wildman–Crippen MR) is 208 cm³/mol. The van der Waals surface area contributed by atoms with E-state index in [0.717, 1.165) is 67.5 Å². The number of likely N-dealkylation sites (tertiary alicyclic amines) is 1. The molecule has 6 fully saturated rings. The summed E-state index contributed by atoms with van der Waals surface area (Å²) in [7, 11) is 0. The molecule has 0 N–H and O–H groups in total. The molecule has 0 aromatic heterocycles. The van der Waals surface area contributed by atoms with Gasteiger partial charge in [0.15, 0.2) is 5.78 Å². The second-order valence-electron chi connectivity index (χ2n) is 19.5. The van der Waals surface area contributed by atoms with E-state index in [2.05, 4.69) is 55.2 Å². The highest BCUT2D eigenvalue weighted by Gasteiger charge is 2.66. The molecule has 5 saturated carbocycles. The van der Waals surface area contributed by atoms with Gasteiger partial charge in [0.25, 0.3) is 0 Å². The second kappa shape index (κ2) is 13.1. The van der Waals surface area contributed by atoms with Crippen LogP contribution in [0, 0.1) is 58.2 Å². The number of ketones is 1. The Morgan fingerprint density at radius 2 is 1.31 bits per heavy atom. The van der Waals surface area contributed by atoms with Crippen LogP contribution in [0.5, 0.6) is 0 Å². The number of rotatable bonds is 3. The molecule has 12 atom stereocenters. The summed E-state index contributed by atoms with van der Waals surface area (Å²) in [6, 6.07) is 0. The zero-order chi connectivity index (χ0) is 35.1. The Morgan fingerprint density at radius 1 is 0.673 bits per heavy atom. The van der Waals surface area contributed by atoms with Crippen molar-refractivity contribution in [3.05, 3.63) is 59.4 Å². The van der Waals surface area contributed by atoms with E-state index >= 15 is 0 Å². The van der Waals surface area contributed by atoms with Crippen LogP contribution in [0.3, 0.4) is 0 Å². The van der Waals surface area contributed by atoms with E-state index in [1.165, 1.54) is 128 Å². The summed E-state index contributed by atoms with van der Waals surface area (Å²) in [5, 5.41) is 0. The first kappa shape index (κ1) is 34.6. The molecule has 3 aliphatic heterocycles. The number of hydrogen-bond donors (Lipinski definition) is 0. The monoisotopic (exact) mass is 706 g/mol. The first-order valence-electron chi connectivity index (χ1n) is 22.5. The molecule has 52 heavy (non-hydrogen) atoms. The van der Waals surface area contributed by atoms with Crippen molar-refractivity contribution in [3.8, 4) is 0 Å². The summed E-state index contributed by atoms with van der Waals surface area (Å²) in [6.07, 6.45) is 41.3. The van der Waals surface area contributed by atoms with E-state index in [4.69, 9.17) is 9.47 Å². The Bertz CT molecular complexity index is 1580. The fraction of sp³-hybridized carbons (Fsp3) is 0.771. The minimum absolute atomic E-state index is 0.0516. The summed E-state index contributed by atoms with van der Waals surface area (Å²) in [5.41, 5.74) is 5.79. The molecule has 4 heteroatoms. The highest BCUT2D eigenvalue weighted by Crippen LogP contribution is 2.69. The van der Waals surface area contributed by atoms with Crippen molar-refractivity contribution < 1.29 is 14.3 Å². The molecule has 4 nitrogen and oxygen atoms in total. The minimum Gasteiger partial charge on any atom is -0.375 e. The van der Waals surface area contributed by atoms with Gasteiger partial charge < -0.3 is 14.4 Å². The van der Waals surface area contributed by atoms with Gasteiger partial charge in [0.1, 0.15) is 0 Å². The fourth-order valence-corrected chi connectivity index (χ4v) is 16.4. The molecule has 0 aromatic carbocycles. The maximum Gasteiger partial charge on any atom is 0.155 e. The van der Waals surface area contributed by atoms with E-state index in [-0.39, 0.29) is 11.2 Å². The lowest BCUT2D eigenvalue weighted by atomic mass is 9.49. The van der Waals surface area contributed by atoms with Crippen LogP contribution in [0.15, 0.2) is 59.4 Å². The normalized spacial score (nSPS) is 48.2. The first-order chi connectivity index (χ1) is 25.5. The highest BCUT2D eigenvalue weighted by molar-refractivity contribution is 5.91. The van der Waals surface area contributed by atoms with Crippen molar-refractivity contribution in [2.75, 3.05) is 26.3 Å². The van der Waals surface area contributed by atoms with E-state index in [1.807, 2.05) is 6.08 Å². The Morgan fingerprint density at radius 3 is 1.94 bits per heavy atom. The van der Waals surface area contributed by atoms with Gasteiger partial charge in [0, 0.05) is 36.0 Å². The van der Waals surface area contributed by atoms with Crippen molar-refractivity contribution in [2.24, 2.45) is 58.2 Å². The quantitative estimate of drug-likeness (QED) is 0.274. The maximum atomic E-state index is 11.8. The lowest BCUT2D eigenvalue weighted by Crippen LogP contribution is -2.53. The van der Waals surface area contributed by atoms with Crippen LogP contribution in [-0.4, -0.2) is 48.2 Å². The lowest BCUT2D eigenvalue weighted by Gasteiger charge is -2.56. The minimum atomic E-state index is 0.0516. The van der Waals surface area contributed by atoms with Gasteiger partial charge in [-0.05, 0) is 181 Å². The number of carbonyl (C=O) groups excluding carboxylic acids is 1. The Kier molecular flexibility index (Phi) is 8.71. The van der Waals surface area contributed by atoms with Crippen LogP contribution < -0.4 is 0 Å². The molecule has 11 aliphatic rings. The number of fused-ring (bicyclic) bond motifs is 12. The molecule has 282 valence electrons. The summed E-state index contributed by atoms with van der Waals surface area (Å²) in [5.74, 6) is 7.19. The van der Waals surface area contributed by atoms with E-state index < -0.39 is 0 Å². The van der Waals surface area contributed by atoms with Crippen LogP contribution in [0.2, 0.25) is 0 Å². The summed E-state index contributed by atoms with van der Waals surface area (Å²) >= 11 is 0. The van der Waals surface area contributed by atoms with Crippen molar-refractivity contribution in [1.82, 2.24) is 4.90 Å². The zero-order valence-corrected chi connectivity index (χ0v) is 32.6. The zero-order valence-electron chi connectivity index (χ0n) is 32.6. The number of hydrogen-bond acceptors (Lipinski definition) is 4. The molecule has 6 unspecified atom stereocenters. The molecular formula is C48H67NO3. The number of nitrogens with zero attached hydrogens (tertiary/aromatic N) is 1. The van der Waals surface area contributed by atoms with Crippen molar-refractivity contribution in [1.29, 1.82) is 0 Å². The Labute approximate surface area is 315 Å². The van der Waals surface area contributed by atoms with E-state index in [0.29, 0.717) is 22.5 Å². The van der Waals surface area contributed by atoms with Gasteiger partial charge in [-0.1, -0.05) is 49.8 Å². The largest absolute Gasteiger partial charge is 0.375 e. The van der Waals surface area contributed by atoms with Gasteiger partial charge in [-0.3, -0.25) is 4.79 Å². The molecule has 0 bridgehead atoms. The smallest absolute Gasteiger partial charge is 0.155 e. The molecule has 8 aliphatic carbocycles. The molecular weight excluding hydrogens is 639 g/mol. The van der Waals surface area contributed by atoms with E-state index in [1.54, 1.807) is 11.3 Å². The number of ether oxygens (including phenoxy) is 2. The fourth-order valence-electron chi connectivity index (χ4n) is 16.4. The molecule has 0 aromatic rings. The molecule has 0 radical (unpaired) electrons. The van der Waals surface area contributed by atoms with Gasteiger partial charge in [-0.2, -0.15) is 0 Å². The number of carbonyl (C=O) groups is 1. The van der Waals surface area contributed by atoms with Crippen molar-refractivity contribution >= 4 is 5.78 Å². The lowest BCUT2D eigenvalue weighted by molar-refractivity contribution is -0.124. The van der Waals surface area contributed by atoms with Crippen LogP contribution in [-0.2, 0) is 14.3 Å². The highest BCUT2D eigenvalue weighted by atomic mass is 16.5. The molecule has 2 spiro atoms. The van der Waals surface area contributed by atoms with Crippen LogP contribution in [0.4, 0.5) is 0 Å². The van der Waals surface area contributed by atoms with Gasteiger partial charge in [-0.25, -0.2) is 0 Å². The van der Waals surface area contributed by atoms with Crippen molar-refractivity contribution in [3.63, 3.8) is 0 Å². The SMILES string of the molecule is CC[C@]12CCC3C(CC=C4C=C(N5CCCC5)CC[C@@H]43)C1CC[C@@]21C=CCO1.CC[C@]12CCC3C(CCC4=CC(=O)CC[C@@H]43)C1CC[C@@]21C=CCO1. The van der Waals surface area contributed by atoms with Gasteiger partial charge in [0.2, 0.25) is 0 Å². The summed E-state index contributed by atoms with van der Waals surface area (Å²) in [4.78, 5) is 14.5. The van der Waals surface area contributed by atoms with Gasteiger partial charge in [-0.15, -0.1) is 0 Å². The molecule has 11 rings (SSSR count). The summed E-state index contributed by atoms with van der Waals surface area (Å²) < 4.78 is 12.9. The Balaban J connectivity index is 0.000000132. The van der Waals surface area contributed by atoms with Crippen molar-refractivity contribution in [2.45, 2.75) is 147 Å². The van der Waals surface area contributed by atoms with Gasteiger partial charge in [0.05, 0.1) is 24.4 Å². The topological polar surface area (TPSA) is 38.8 Å².